The maximum absolute atomic E-state index is 8.67. The molecule has 0 saturated heterocycles. The van der Waals surface area contributed by atoms with Gasteiger partial charge in [-0.3, -0.25) is 9.11 Å². The van der Waals surface area contributed by atoms with Crippen LogP contribution in [0.3, 0.4) is 0 Å². The van der Waals surface area contributed by atoms with Gasteiger partial charge in [0.2, 0.25) is 0 Å². The van der Waals surface area contributed by atoms with Gasteiger partial charge in [-0.05, 0) is 0 Å². The Morgan fingerprint density at radius 1 is 1.40 bits per heavy atom. The molecular formula is H2O3ReS. The van der Waals surface area contributed by atoms with Crippen LogP contribution in [0.4, 0.5) is 0 Å². The summed E-state index contributed by atoms with van der Waals surface area (Å²) < 4.78 is 22.8. The molecule has 5 heteroatoms. The Balaban J connectivity index is 0. The third-order valence-electron chi connectivity index (χ3n) is 0. The second kappa shape index (κ2) is 4.73. The van der Waals surface area contributed by atoms with Crippen LogP contribution < -0.4 is 0 Å². The fourth-order valence-corrected chi connectivity index (χ4v) is 0. The van der Waals surface area contributed by atoms with Gasteiger partial charge in [0.05, 0.1) is 0 Å². The monoisotopic (exact) mass is 269 g/mol. The first-order valence-electron chi connectivity index (χ1n) is 0.532. The summed E-state index contributed by atoms with van der Waals surface area (Å²) in [7, 11) is 0. The predicted octanol–water partition coefficient (Wildman–Crippen LogP) is -0.321. The van der Waals surface area contributed by atoms with Gasteiger partial charge >= 0.3 is 0 Å². The summed E-state index contributed by atoms with van der Waals surface area (Å²) in [5, 5.41) is 0. The van der Waals surface area contributed by atoms with Gasteiger partial charge < -0.3 is 0 Å². The summed E-state index contributed by atoms with van der Waals surface area (Å²) in [5.41, 5.74) is 0. The zero-order chi connectivity index (χ0) is 3.58. The molecule has 0 heterocycles. The van der Waals surface area contributed by atoms with Crippen LogP contribution in [0.1, 0.15) is 0 Å². The summed E-state index contributed by atoms with van der Waals surface area (Å²) in [4.78, 5) is 0. The predicted molar refractivity (Wildman–Crippen MR) is 13.4 cm³/mol. The normalized spacial score (nSPS) is 7.00. The first kappa shape index (κ1) is 9.22. The van der Waals surface area contributed by atoms with Gasteiger partial charge in [-0.2, -0.15) is 4.21 Å². The van der Waals surface area contributed by atoms with Crippen molar-refractivity contribution in [2.75, 3.05) is 0 Å². The third kappa shape index (κ3) is 65.9. The van der Waals surface area contributed by atoms with E-state index in [0.717, 1.165) is 0 Å². The molecule has 0 aromatic rings. The van der Waals surface area contributed by atoms with Crippen molar-refractivity contribution in [2.24, 2.45) is 0 Å². The first-order chi connectivity index (χ1) is 1.73. The van der Waals surface area contributed by atoms with Gasteiger partial charge in [-0.25, -0.2) is 0 Å². The van der Waals surface area contributed by atoms with Gasteiger partial charge in [-0.15, -0.1) is 0 Å². The van der Waals surface area contributed by atoms with Crippen molar-refractivity contribution < 1.29 is 33.7 Å². The molecule has 0 rings (SSSR count). The zero-order valence-corrected chi connectivity index (χ0v) is 5.62. The number of rotatable bonds is 0. The molecule has 0 bridgehead atoms. The van der Waals surface area contributed by atoms with Crippen molar-refractivity contribution in [1.29, 1.82) is 0 Å². The van der Waals surface area contributed by atoms with Gasteiger partial charge in [0.15, 0.2) is 0 Å². The van der Waals surface area contributed by atoms with Crippen molar-refractivity contribution in [1.82, 2.24) is 0 Å². The van der Waals surface area contributed by atoms with Crippen molar-refractivity contribution in [3.8, 4) is 0 Å². The molecule has 0 aliphatic rings. The Bertz CT molecular complexity index is 29.9. The van der Waals surface area contributed by atoms with E-state index in [1.165, 1.54) is 0 Å². The molecule has 33 valence electrons. The summed E-state index contributed by atoms with van der Waals surface area (Å²) in [6.07, 6.45) is 0. The fraction of sp³-hybridized carbons (Fsp3) is 0. The topological polar surface area (TPSA) is 57.5 Å². The molecule has 2 N–H and O–H groups in total. The Hall–Kier alpha value is 0.732. The Morgan fingerprint density at radius 2 is 1.40 bits per heavy atom. The van der Waals surface area contributed by atoms with Crippen molar-refractivity contribution in [3.05, 3.63) is 0 Å². The van der Waals surface area contributed by atoms with E-state index in [4.69, 9.17) is 13.3 Å². The van der Waals surface area contributed by atoms with Gasteiger partial charge in [0.1, 0.15) is 0 Å². The minimum atomic E-state index is -2.61. The Kier molecular flexibility index (Phi) is 8.72. The third-order valence-corrected chi connectivity index (χ3v) is 0. The van der Waals surface area contributed by atoms with E-state index in [2.05, 4.69) is 0 Å². The molecule has 0 fully saturated rings. The fourth-order valence-electron chi connectivity index (χ4n) is 0. The van der Waals surface area contributed by atoms with E-state index < -0.39 is 11.4 Å². The molecule has 0 unspecified atom stereocenters. The molecule has 3 nitrogen and oxygen atoms in total. The standard InChI is InChI=1S/H2O3S.Re/c1-4(2)3;/h(H2,1,2,3);. The second-order valence-corrected chi connectivity index (χ2v) is 0.692. The van der Waals surface area contributed by atoms with Crippen molar-refractivity contribution in [3.63, 3.8) is 0 Å². The van der Waals surface area contributed by atoms with Crippen LogP contribution >= 0.6 is 0 Å². The van der Waals surface area contributed by atoms with E-state index in [9.17, 15) is 0 Å². The van der Waals surface area contributed by atoms with Crippen LogP contribution in [0.25, 0.3) is 0 Å². The number of hydrogen-bond acceptors (Lipinski definition) is 1. The molecule has 0 aliphatic carbocycles. The molecule has 0 saturated carbocycles. The molecule has 0 spiro atoms. The van der Waals surface area contributed by atoms with Gasteiger partial charge in [-0.1, -0.05) is 0 Å². The summed E-state index contributed by atoms with van der Waals surface area (Å²) in [6, 6.07) is 0. The molecule has 0 aromatic heterocycles. The smallest absolute Gasteiger partial charge is 0.284 e. The SMILES string of the molecule is O=S(O)O.[Re]. The van der Waals surface area contributed by atoms with Crippen LogP contribution in [0.5, 0.6) is 0 Å². The van der Waals surface area contributed by atoms with Gasteiger partial charge in [0.25, 0.3) is 11.4 Å². The minimum Gasteiger partial charge on any atom is -0.284 e. The summed E-state index contributed by atoms with van der Waals surface area (Å²) in [5.74, 6) is 0. The molecular weight excluding hydrogens is 266 g/mol. The molecule has 0 aliphatic heterocycles. The van der Waals surface area contributed by atoms with E-state index >= 15 is 0 Å². The maximum atomic E-state index is 8.67. The average Bonchev–Trinajstić information content (AvgIpc) is 0.811. The quantitative estimate of drug-likeness (QED) is 0.592. The largest absolute Gasteiger partial charge is 0.299 e. The maximum Gasteiger partial charge on any atom is 0.299 e. The first-order valence-corrected chi connectivity index (χ1v) is 1.60. The molecule has 5 heavy (non-hydrogen) atoms. The average molecular weight is 268 g/mol. The van der Waals surface area contributed by atoms with Gasteiger partial charge in [0, 0.05) is 20.4 Å². The molecule has 1 radical (unpaired) electrons. The second-order valence-electron chi connectivity index (χ2n) is 0.231. The number of hydrogen-bond donors (Lipinski definition) is 2. The summed E-state index contributed by atoms with van der Waals surface area (Å²) in [6.45, 7) is 0. The van der Waals surface area contributed by atoms with Crippen molar-refractivity contribution in [2.45, 2.75) is 0 Å². The van der Waals surface area contributed by atoms with Crippen LogP contribution in [-0.2, 0) is 31.8 Å². The van der Waals surface area contributed by atoms with E-state index in [0.29, 0.717) is 0 Å². The molecule has 0 amide bonds. The Morgan fingerprint density at radius 3 is 1.40 bits per heavy atom. The molecule has 0 atom stereocenters. The van der Waals surface area contributed by atoms with Crippen LogP contribution in [0.15, 0.2) is 0 Å². The van der Waals surface area contributed by atoms with Crippen molar-refractivity contribution >= 4 is 11.4 Å². The van der Waals surface area contributed by atoms with Crippen LogP contribution in [0, 0.1) is 0 Å². The summed E-state index contributed by atoms with van der Waals surface area (Å²) >= 11 is -2.61. The van der Waals surface area contributed by atoms with E-state index in [1.54, 1.807) is 0 Å². The minimum absolute atomic E-state index is 0. The molecule has 0 aromatic carbocycles. The Labute approximate surface area is 45.5 Å². The zero-order valence-electron chi connectivity index (χ0n) is 2.09. The van der Waals surface area contributed by atoms with Crippen LogP contribution in [-0.4, -0.2) is 13.3 Å². The van der Waals surface area contributed by atoms with E-state index in [1.807, 2.05) is 0 Å². The van der Waals surface area contributed by atoms with Crippen LogP contribution in [0.2, 0.25) is 0 Å². The van der Waals surface area contributed by atoms with E-state index in [-0.39, 0.29) is 20.4 Å².